The second-order valence-corrected chi connectivity index (χ2v) is 6.45. The molecular weight excluding hydrogens is 232 g/mol. The molecule has 19 heavy (non-hydrogen) atoms. The molecule has 0 radical (unpaired) electrons. The largest absolute Gasteiger partial charge is 0.308 e. The van der Waals surface area contributed by atoms with E-state index in [9.17, 15) is 0 Å². The van der Waals surface area contributed by atoms with Crippen LogP contribution < -0.4 is 5.32 Å². The van der Waals surface area contributed by atoms with Gasteiger partial charge in [-0.25, -0.2) is 0 Å². The van der Waals surface area contributed by atoms with Gasteiger partial charge in [-0.1, -0.05) is 23.8 Å². The van der Waals surface area contributed by atoms with Crippen LogP contribution in [-0.2, 0) is 6.42 Å². The maximum Gasteiger partial charge on any atom is 0.0326 e. The monoisotopic (exact) mass is 258 g/mol. The Morgan fingerprint density at radius 3 is 2.84 bits per heavy atom. The number of likely N-dealkylation sites (N-methyl/N-ethyl adjacent to an activating group) is 1. The summed E-state index contributed by atoms with van der Waals surface area (Å²) in [5.74, 6) is 0. The Kier molecular flexibility index (Phi) is 3.64. The lowest BCUT2D eigenvalue weighted by Gasteiger charge is -2.26. The van der Waals surface area contributed by atoms with Crippen molar-refractivity contribution in [3.8, 4) is 0 Å². The molecule has 0 aromatic heterocycles. The minimum atomic E-state index is 0.574. The van der Waals surface area contributed by atoms with E-state index in [1.54, 1.807) is 11.1 Å². The number of nitrogens with one attached hydrogen (secondary N) is 1. The minimum Gasteiger partial charge on any atom is -0.308 e. The van der Waals surface area contributed by atoms with E-state index in [2.05, 4.69) is 49.3 Å². The predicted molar refractivity (Wildman–Crippen MR) is 80.5 cm³/mol. The highest BCUT2D eigenvalue weighted by atomic mass is 15.2. The molecule has 0 amide bonds. The van der Waals surface area contributed by atoms with Crippen molar-refractivity contribution in [3.05, 3.63) is 34.9 Å². The topological polar surface area (TPSA) is 15.3 Å². The Balaban J connectivity index is 1.58. The third-order valence-electron chi connectivity index (χ3n) is 4.86. The highest BCUT2D eigenvalue weighted by Crippen LogP contribution is 2.32. The molecule has 1 N–H and O–H groups in total. The molecule has 0 saturated heterocycles. The first-order chi connectivity index (χ1) is 9.15. The van der Waals surface area contributed by atoms with Gasteiger partial charge in [-0.3, -0.25) is 4.90 Å². The molecule has 2 nitrogen and oxygen atoms in total. The van der Waals surface area contributed by atoms with Crippen molar-refractivity contribution in [2.45, 2.75) is 57.7 Å². The number of hydrogen-bond donors (Lipinski definition) is 1. The van der Waals surface area contributed by atoms with Gasteiger partial charge in [0.25, 0.3) is 0 Å². The van der Waals surface area contributed by atoms with E-state index in [0.717, 1.165) is 12.6 Å². The molecule has 3 rings (SSSR count). The highest BCUT2D eigenvalue weighted by molar-refractivity contribution is 5.37. The van der Waals surface area contributed by atoms with Gasteiger partial charge in [-0.05, 0) is 57.7 Å². The fraction of sp³-hybridized carbons (Fsp3) is 0.647. The molecule has 1 saturated carbocycles. The summed E-state index contributed by atoms with van der Waals surface area (Å²) in [4.78, 5) is 2.54. The van der Waals surface area contributed by atoms with E-state index in [-0.39, 0.29) is 0 Å². The normalized spacial score (nSPS) is 23.7. The molecule has 0 aliphatic heterocycles. The summed E-state index contributed by atoms with van der Waals surface area (Å²) in [7, 11) is 2.27. The van der Waals surface area contributed by atoms with Gasteiger partial charge in [0.15, 0.2) is 0 Å². The quantitative estimate of drug-likeness (QED) is 0.873. The summed E-state index contributed by atoms with van der Waals surface area (Å²) in [6, 6.07) is 8.99. The van der Waals surface area contributed by atoms with E-state index >= 15 is 0 Å². The molecular formula is C17H26N2. The maximum atomic E-state index is 3.79. The van der Waals surface area contributed by atoms with Crippen LogP contribution in [0.2, 0.25) is 0 Å². The number of fused-ring (bicyclic) bond motifs is 1. The van der Waals surface area contributed by atoms with Crippen LogP contribution in [0.15, 0.2) is 18.2 Å². The summed E-state index contributed by atoms with van der Waals surface area (Å²) in [5, 5.41) is 3.79. The zero-order valence-corrected chi connectivity index (χ0v) is 12.4. The summed E-state index contributed by atoms with van der Waals surface area (Å²) in [6.07, 6.45) is 5.29. The molecule has 1 fully saturated rings. The van der Waals surface area contributed by atoms with Crippen molar-refractivity contribution in [1.82, 2.24) is 10.2 Å². The SMILES string of the molecule is Cc1ccc2c(c1)C(NCC(C)N(C)C1CC1)CC2. The van der Waals surface area contributed by atoms with Crippen LogP contribution in [-0.4, -0.2) is 30.6 Å². The van der Waals surface area contributed by atoms with Crippen LogP contribution in [0.3, 0.4) is 0 Å². The Morgan fingerprint density at radius 1 is 1.32 bits per heavy atom. The van der Waals surface area contributed by atoms with Crippen molar-refractivity contribution in [2.75, 3.05) is 13.6 Å². The first kappa shape index (κ1) is 13.1. The van der Waals surface area contributed by atoms with Gasteiger partial charge >= 0.3 is 0 Å². The number of benzene rings is 1. The molecule has 1 aromatic carbocycles. The summed E-state index contributed by atoms with van der Waals surface area (Å²) >= 11 is 0. The minimum absolute atomic E-state index is 0.574. The molecule has 104 valence electrons. The van der Waals surface area contributed by atoms with E-state index in [1.165, 1.54) is 31.2 Å². The zero-order valence-electron chi connectivity index (χ0n) is 12.4. The predicted octanol–water partition coefficient (Wildman–Crippen LogP) is 3.05. The fourth-order valence-corrected chi connectivity index (χ4v) is 3.23. The van der Waals surface area contributed by atoms with Gasteiger partial charge in [-0.15, -0.1) is 0 Å². The average Bonchev–Trinajstić information content (AvgIpc) is 3.17. The average molecular weight is 258 g/mol. The van der Waals surface area contributed by atoms with Crippen LogP contribution in [0, 0.1) is 6.92 Å². The summed E-state index contributed by atoms with van der Waals surface area (Å²) in [6.45, 7) is 5.64. The smallest absolute Gasteiger partial charge is 0.0326 e. The standard InChI is InChI=1S/C17H26N2/c1-12-4-5-14-6-9-17(16(14)10-12)18-11-13(2)19(3)15-7-8-15/h4-5,10,13,15,17-18H,6-9,11H2,1-3H3. The lowest BCUT2D eigenvalue weighted by atomic mass is 10.0. The van der Waals surface area contributed by atoms with Crippen LogP contribution in [0.25, 0.3) is 0 Å². The molecule has 0 spiro atoms. The van der Waals surface area contributed by atoms with Crippen LogP contribution in [0.4, 0.5) is 0 Å². The van der Waals surface area contributed by atoms with Gasteiger partial charge in [-0.2, -0.15) is 0 Å². The summed E-state index contributed by atoms with van der Waals surface area (Å²) in [5.41, 5.74) is 4.48. The van der Waals surface area contributed by atoms with Crippen LogP contribution >= 0.6 is 0 Å². The first-order valence-electron chi connectivity index (χ1n) is 7.70. The number of aryl methyl sites for hydroxylation is 2. The Bertz CT molecular complexity index is 451. The van der Waals surface area contributed by atoms with Crippen molar-refractivity contribution in [3.63, 3.8) is 0 Å². The van der Waals surface area contributed by atoms with E-state index < -0.39 is 0 Å². The molecule has 2 atom stereocenters. The van der Waals surface area contributed by atoms with Crippen molar-refractivity contribution in [2.24, 2.45) is 0 Å². The van der Waals surface area contributed by atoms with Crippen LogP contribution in [0.1, 0.15) is 48.9 Å². The molecule has 2 aliphatic rings. The Labute approximate surface area is 117 Å². The molecule has 1 aromatic rings. The molecule has 2 aliphatic carbocycles. The molecule has 0 heterocycles. The number of hydrogen-bond acceptors (Lipinski definition) is 2. The van der Waals surface area contributed by atoms with Gasteiger partial charge in [0.2, 0.25) is 0 Å². The van der Waals surface area contributed by atoms with E-state index in [0.29, 0.717) is 12.1 Å². The second kappa shape index (κ2) is 5.26. The van der Waals surface area contributed by atoms with Gasteiger partial charge < -0.3 is 5.32 Å². The van der Waals surface area contributed by atoms with E-state index in [4.69, 9.17) is 0 Å². The molecule has 2 heteroatoms. The highest BCUT2D eigenvalue weighted by Gasteiger charge is 2.29. The third kappa shape index (κ3) is 2.85. The molecule has 2 unspecified atom stereocenters. The lowest BCUT2D eigenvalue weighted by Crippen LogP contribution is -2.40. The first-order valence-corrected chi connectivity index (χ1v) is 7.70. The Hall–Kier alpha value is -0.860. The van der Waals surface area contributed by atoms with Gasteiger partial charge in [0, 0.05) is 24.7 Å². The molecule has 0 bridgehead atoms. The third-order valence-corrected chi connectivity index (χ3v) is 4.86. The lowest BCUT2D eigenvalue weighted by molar-refractivity contribution is 0.235. The maximum absolute atomic E-state index is 3.79. The van der Waals surface area contributed by atoms with Gasteiger partial charge in [0.1, 0.15) is 0 Å². The van der Waals surface area contributed by atoms with Crippen LogP contribution in [0.5, 0.6) is 0 Å². The van der Waals surface area contributed by atoms with Crippen molar-refractivity contribution in [1.29, 1.82) is 0 Å². The Morgan fingerprint density at radius 2 is 2.11 bits per heavy atom. The van der Waals surface area contributed by atoms with Crippen molar-refractivity contribution >= 4 is 0 Å². The van der Waals surface area contributed by atoms with E-state index in [1.807, 2.05) is 0 Å². The van der Waals surface area contributed by atoms with Crippen molar-refractivity contribution < 1.29 is 0 Å². The van der Waals surface area contributed by atoms with Gasteiger partial charge in [0.05, 0.1) is 0 Å². The fourth-order valence-electron chi connectivity index (χ4n) is 3.23. The number of rotatable bonds is 5. The summed E-state index contributed by atoms with van der Waals surface area (Å²) < 4.78 is 0. The number of nitrogens with zero attached hydrogens (tertiary/aromatic N) is 1. The zero-order chi connectivity index (χ0) is 13.4. The second-order valence-electron chi connectivity index (χ2n) is 6.45.